The van der Waals surface area contributed by atoms with Crippen molar-refractivity contribution >= 4 is 0 Å². The third kappa shape index (κ3) is 17.6. The Morgan fingerprint density at radius 1 is 0.500 bits per heavy atom. The summed E-state index contributed by atoms with van der Waals surface area (Å²) in [5.74, 6) is 0. The van der Waals surface area contributed by atoms with Crippen molar-refractivity contribution in [3.63, 3.8) is 0 Å². The fourth-order valence-electron chi connectivity index (χ4n) is 4.45. The summed E-state index contributed by atoms with van der Waals surface area (Å²) < 4.78 is 0. The van der Waals surface area contributed by atoms with Crippen LogP contribution >= 0.6 is 0 Å². The Morgan fingerprint density at radius 2 is 0.857 bits per heavy atom. The SMILES string of the molecule is CCCCCCCCCCCCCCCCCCCCCCCC1=CCC=C1. The maximum Gasteiger partial charge on any atom is -0.0160 e. The molecular weight excluding hydrogens is 336 g/mol. The van der Waals surface area contributed by atoms with Crippen LogP contribution in [0.25, 0.3) is 0 Å². The van der Waals surface area contributed by atoms with E-state index in [1.807, 2.05) is 0 Å². The highest BCUT2D eigenvalue weighted by Gasteiger charge is 1.98. The lowest BCUT2D eigenvalue weighted by atomic mass is 10.0. The van der Waals surface area contributed by atoms with Gasteiger partial charge in [0.25, 0.3) is 0 Å². The zero-order valence-corrected chi connectivity index (χ0v) is 19.5. The molecule has 0 N–H and O–H groups in total. The van der Waals surface area contributed by atoms with Gasteiger partial charge in [0, 0.05) is 0 Å². The van der Waals surface area contributed by atoms with Gasteiger partial charge in [0.2, 0.25) is 0 Å². The molecule has 0 fully saturated rings. The molecule has 0 aliphatic heterocycles. The van der Waals surface area contributed by atoms with Crippen molar-refractivity contribution in [1.29, 1.82) is 0 Å². The Labute approximate surface area is 178 Å². The first-order valence-electron chi connectivity index (χ1n) is 13.3. The molecule has 164 valence electrons. The van der Waals surface area contributed by atoms with Crippen molar-refractivity contribution in [3.8, 4) is 0 Å². The lowest BCUT2D eigenvalue weighted by Crippen LogP contribution is -1.84. The average molecular weight is 389 g/mol. The van der Waals surface area contributed by atoms with Crippen LogP contribution in [0.1, 0.15) is 155 Å². The molecule has 0 spiro atoms. The molecule has 0 radical (unpaired) electrons. The largest absolute Gasteiger partial charge is 0.0805 e. The highest BCUT2D eigenvalue weighted by atomic mass is 14.0. The number of rotatable bonds is 22. The molecule has 0 saturated carbocycles. The van der Waals surface area contributed by atoms with Gasteiger partial charge in [-0.25, -0.2) is 0 Å². The van der Waals surface area contributed by atoms with E-state index in [-0.39, 0.29) is 0 Å². The fraction of sp³-hybridized carbons (Fsp3) is 0.857. The van der Waals surface area contributed by atoms with Crippen LogP contribution in [0, 0.1) is 0 Å². The van der Waals surface area contributed by atoms with Crippen LogP contribution in [-0.2, 0) is 0 Å². The minimum Gasteiger partial charge on any atom is -0.0805 e. The van der Waals surface area contributed by atoms with Gasteiger partial charge in [0.05, 0.1) is 0 Å². The first kappa shape index (κ1) is 25.5. The lowest BCUT2D eigenvalue weighted by Gasteiger charge is -2.04. The Morgan fingerprint density at radius 3 is 1.18 bits per heavy atom. The van der Waals surface area contributed by atoms with Gasteiger partial charge < -0.3 is 0 Å². The van der Waals surface area contributed by atoms with E-state index in [4.69, 9.17) is 0 Å². The van der Waals surface area contributed by atoms with Gasteiger partial charge in [-0.15, -0.1) is 0 Å². The first-order valence-corrected chi connectivity index (χ1v) is 13.3. The molecule has 0 bridgehead atoms. The third-order valence-corrected chi connectivity index (χ3v) is 6.42. The predicted molar refractivity (Wildman–Crippen MR) is 129 cm³/mol. The Balaban J connectivity index is 1.63. The summed E-state index contributed by atoms with van der Waals surface area (Å²) in [5, 5.41) is 0. The number of allylic oxidation sites excluding steroid dienone is 4. The van der Waals surface area contributed by atoms with Crippen molar-refractivity contribution in [1.82, 2.24) is 0 Å². The average Bonchev–Trinajstić information content (AvgIpc) is 3.22. The summed E-state index contributed by atoms with van der Waals surface area (Å²) >= 11 is 0. The molecule has 0 aromatic carbocycles. The van der Waals surface area contributed by atoms with Gasteiger partial charge >= 0.3 is 0 Å². The van der Waals surface area contributed by atoms with E-state index in [9.17, 15) is 0 Å². The van der Waals surface area contributed by atoms with E-state index in [2.05, 4.69) is 25.2 Å². The highest BCUT2D eigenvalue weighted by molar-refractivity contribution is 5.25. The second-order valence-electron chi connectivity index (χ2n) is 9.24. The lowest BCUT2D eigenvalue weighted by molar-refractivity contribution is 0.520. The fourth-order valence-corrected chi connectivity index (χ4v) is 4.45. The Kier molecular flexibility index (Phi) is 19.3. The molecule has 0 unspecified atom stereocenters. The molecule has 0 heteroatoms. The highest BCUT2D eigenvalue weighted by Crippen LogP contribution is 2.18. The molecule has 28 heavy (non-hydrogen) atoms. The molecule has 0 nitrogen and oxygen atoms in total. The zero-order chi connectivity index (χ0) is 20.0. The summed E-state index contributed by atoms with van der Waals surface area (Å²) in [6.07, 6.45) is 40.3. The maximum absolute atomic E-state index is 2.39. The first-order chi connectivity index (χ1) is 13.9. The van der Waals surface area contributed by atoms with Gasteiger partial charge in [-0.3, -0.25) is 0 Å². The summed E-state index contributed by atoms with van der Waals surface area (Å²) in [6.45, 7) is 2.30. The third-order valence-electron chi connectivity index (χ3n) is 6.42. The van der Waals surface area contributed by atoms with Crippen molar-refractivity contribution in [2.45, 2.75) is 155 Å². The molecular formula is C28H52. The predicted octanol–water partition coefficient (Wildman–Crippen LogP) is 10.5. The van der Waals surface area contributed by atoms with E-state index in [1.165, 1.54) is 148 Å². The molecule has 0 aromatic rings. The topological polar surface area (TPSA) is 0 Å². The summed E-state index contributed by atoms with van der Waals surface area (Å²) in [7, 11) is 0. The smallest absolute Gasteiger partial charge is 0.0160 e. The van der Waals surface area contributed by atoms with E-state index in [0.717, 1.165) is 0 Å². The molecule has 0 heterocycles. The van der Waals surface area contributed by atoms with Crippen LogP contribution in [0.15, 0.2) is 23.8 Å². The van der Waals surface area contributed by atoms with E-state index < -0.39 is 0 Å². The zero-order valence-electron chi connectivity index (χ0n) is 19.5. The Bertz CT molecular complexity index is 362. The molecule has 0 saturated heterocycles. The summed E-state index contributed by atoms with van der Waals surface area (Å²) in [4.78, 5) is 0. The molecule has 1 rings (SSSR count). The standard InChI is InChI=1S/C28H52/c1-2-3-4-5-6-7-8-9-10-11-12-13-14-15-16-17-18-19-20-21-22-25-28-26-23-24-27-28/h23,26-27H,2-22,24-25H2,1H3. The van der Waals surface area contributed by atoms with Crippen molar-refractivity contribution in [2.75, 3.05) is 0 Å². The minimum atomic E-state index is 1.18. The quantitative estimate of drug-likeness (QED) is 0.162. The van der Waals surface area contributed by atoms with Crippen LogP contribution in [0.2, 0.25) is 0 Å². The van der Waals surface area contributed by atoms with E-state index >= 15 is 0 Å². The molecule has 0 atom stereocenters. The second kappa shape index (κ2) is 21.2. The van der Waals surface area contributed by atoms with Gasteiger partial charge in [0.1, 0.15) is 0 Å². The van der Waals surface area contributed by atoms with E-state index in [0.29, 0.717) is 0 Å². The van der Waals surface area contributed by atoms with Crippen LogP contribution in [0.5, 0.6) is 0 Å². The molecule has 0 aromatic heterocycles. The monoisotopic (exact) mass is 388 g/mol. The van der Waals surface area contributed by atoms with Gasteiger partial charge in [-0.05, 0) is 19.3 Å². The van der Waals surface area contributed by atoms with Gasteiger partial charge in [-0.1, -0.05) is 159 Å². The normalized spacial score (nSPS) is 13.4. The summed E-state index contributed by atoms with van der Waals surface area (Å²) in [6, 6.07) is 0. The van der Waals surface area contributed by atoms with Crippen LogP contribution in [0.3, 0.4) is 0 Å². The van der Waals surface area contributed by atoms with Crippen molar-refractivity contribution < 1.29 is 0 Å². The molecule has 1 aliphatic rings. The Hall–Kier alpha value is -0.520. The van der Waals surface area contributed by atoms with E-state index in [1.54, 1.807) is 5.57 Å². The van der Waals surface area contributed by atoms with Crippen LogP contribution < -0.4 is 0 Å². The number of unbranched alkanes of at least 4 members (excludes halogenated alkanes) is 20. The van der Waals surface area contributed by atoms with Crippen LogP contribution in [-0.4, -0.2) is 0 Å². The number of hydrogen-bond donors (Lipinski definition) is 0. The van der Waals surface area contributed by atoms with Crippen molar-refractivity contribution in [3.05, 3.63) is 23.8 Å². The molecule has 0 amide bonds. The second-order valence-corrected chi connectivity index (χ2v) is 9.24. The molecule has 1 aliphatic carbocycles. The minimum absolute atomic E-state index is 1.18. The van der Waals surface area contributed by atoms with Gasteiger partial charge in [0.15, 0.2) is 0 Å². The van der Waals surface area contributed by atoms with Crippen LogP contribution in [0.4, 0.5) is 0 Å². The van der Waals surface area contributed by atoms with Gasteiger partial charge in [-0.2, -0.15) is 0 Å². The van der Waals surface area contributed by atoms with Crippen molar-refractivity contribution in [2.24, 2.45) is 0 Å². The summed E-state index contributed by atoms with van der Waals surface area (Å²) in [5.41, 5.74) is 1.58. The number of hydrogen-bond acceptors (Lipinski definition) is 0. The maximum atomic E-state index is 2.39.